The third-order valence-electron chi connectivity index (χ3n) is 2.93. The third-order valence-corrected chi connectivity index (χ3v) is 3.46. The van der Waals surface area contributed by atoms with Crippen molar-refractivity contribution >= 4 is 34.8 Å². The smallest absolute Gasteiger partial charge is 0.253 e. The van der Waals surface area contributed by atoms with Crippen molar-refractivity contribution in [1.82, 2.24) is 5.32 Å². The van der Waals surface area contributed by atoms with Crippen LogP contribution in [0.3, 0.4) is 0 Å². The van der Waals surface area contributed by atoms with Crippen LogP contribution in [0.15, 0.2) is 36.4 Å². The van der Waals surface area contributed by atoms with Crippen LogP contribution in [0, 0.1) is 0 Å². The molecule has 0 fully saturated rings. The highest BCUT2D eigenvalue weighted by atomic mass is 35.5. The molecule has 110 valence electrons. The molecule has 0 spiro atoms. The molecule has 0 atom stereocenters. The van der Waals surface area contributed by atoms with Gasteiger partial charge in [-0.2, -0.15) is 0 Å². The number of nitrogen functional groups attached to an aromatic ring is 1. The molecule has 0 aliphatic heterocycles. The van der Waals surface area contributed by atoms with E-state index >= 15 is 0 Å². The predicted molar refractivity (Wildman–Crippen MR) is 85.0 cm³/mol. The van der Waals surface area contributed by atoms with E-state index in [0.29, 0.717) is 33.6 Å². The van der Waals surface area contributed by atoms with Gasteiger partial charge >= 0.3 is 0 Å². The fourth-order valence-corrected chi connectivity index (χ4v) is 2.27. The highest BCUT2D eigenvalue weighted by Gasteiger charge is 2.10. The predicted octanol–water partition coefficient (Wildman–Crippen LogP) is 3.51. The molecule has 0 radical (unpaired) electrons. The van der Waals surface area contributed by atoms with Gasteiger partial charge in [0.1, 0.15) is 5.75 Å². The van der Waals surface area contributed by atoms with E-state index in [1.165, 1.54) is 6.07 Å². The maximum Gasteiger partial charge on any atom is 0.253 e. The zero-order chi connectivity index (χ0) is 15.4. The molecule has 0 unspecified atom stereocenters. The number of amides is 1. The number of ether oxygens (including phenoxy) is 1. The third kappa shape index (κ3) is 3.80. The molecule has 0 saturated heterocycles. The summed E-state index contributed by atoms with van der Waals surface area (Å²) in [6.45, 7) is 0.328. The summed E-state index contributed by atoms with van der Waals surface area (Å²) in [6.07, 6.45) is 0. The first-order chi connectivity index (χ1) is 10.0. The maximum absolute atomic E-state index is 12.1. The number of benzene rings is 2. The van der Waals surface area contributed by atoms with E-state index in [4.69, 9.17) is 33.7 Å². The highest BCUT2D eigenvalue weighted by molar-refractivity contribution is 6.32. The Labute approximate surface area is 132 Å². The molecular formula is C15H14Cl2N2O2. The van der Waals surface area contributed by atoms with Gasteiger partial charge in [0.2, 0.25) is 0 Å². The number of rotatable bonds is 4. The SMILES string of the molecule is COc1ccc(CNC(=O)c2cc(Cl)ccc2N)cc1Cl. The summed E-state index contributed by atoms with van der Waals surface area (Å²) < 4.78 is 5.07. The first kappa shape index (κ1) is 15.5. The monoisotopic (exact) mass is 324 g/mol. The Bertz CT molecular complexity index is 675. The molecular weight excluding hydrogens is 311 g/mol. The Morgan fingerprint density at radius 3 is 2.67 bits per heavy atom. The molecule has 1 amide bonds. The van der Waals surface area contributed by atoms with Gasteiger partial charge in [0.15, 0.2) is 0 Å². The minimum atomic E-state index is -0.290. The van der Waals surface area contributed by atoms with Crippen LogP contribution in [0.4, 0.5) is 5.69 Å². The van der Waals surface area contributed by atoms with Crippen LogP contribution in [0.2, 0.25) is 10.0 Å². The van der Waals surface area contributed by atoms with Crippen LogP contribution < -0.4 is 15.8 Å². The Balaban J connectivity index is 2.07. The van der Waals surface area contributed by atoms with Crippen molar-refractivity contribution in [2.45, 2.75) is 6.54 Å². The van der Waals surface area contributed by atoms with E-state index < -0.39 is 0 Å². The lowest BCUT2D eigenvalue weighted by Gasteiger charge is -2.09. The molecule has 2 aromatic rings. The average molecular weight is 325 g/mol. The van der Waals surface area contributed by atoms with Gasteiger partial charge in [0.05, 0.1) is 17.7 Å². The maximum atomic E-state index is 12.1. The molecule has 0 bridgehead atoms. The number of nitrogens with two attached hydrogens (primary N) is 1. The first-order valence-corrected chi connectivity index (χ1v) is 6.92. The van der Waals surface area contributed by atoms with Gasteiger partial charge in [-0.25, -0.2) is 0 Å². The molecule has 0 aliphatic rings. The summed E-state index contributed by atoms with van der Waals surface area (Å²) in [4.78, 5) is 12.1. The van der Waals surface area contributed by atoms with Gasteiger partial charge in [0, 0.05) is 17.3 Å². The van der Waals surface area contributed by atoms with E-state index in [-0.39, 0.29) is 5.91 Å². The zero-order valence-electron chi connectivity index (χ0n) is 11.3. The Hall–Kier alpha value is -1.91. The lowest BCUT2D eigenvalue weighted by atomic mass is 10.1. The number of hydrogen-bond donors (Lipinski definition) is 2. The number of hydrogen-bond acceptors (Lipinski definition) is 3. The molecule has 0 saturated carbocycles. The van der Waals surface area contributed by atoms with Gasteiger partial charge in [-0.3, -0.25) is 4.79 Å². The number of halogens is 2. The summed E-state index contributed by atoms with van der Waals surface area (Å²) in [7, 11) is 1.55. The van der Waals surface area contributed by atoms with Crippen molar-refractivity contribution in [3.05, 3.63) is 57.6 Å². The van der Waals surface area contributed by atoms with Crippen LogP contribution in [0.5, 0.6) is 5.75 Å². The second-order valence-corrected chi connectivity index (χ2v) is 5.23. The fourth-order valence-electron chi connectivity index (χ4n) is 1.82. The Kier molecular flexibility index (Phi) is 4.94. The first-order valence-electron chi connectivity index (χ1n) is 6.17. The van der Waals surface area contributed by atoms with Crippen LogP contribution in [-0.4, -0.2) is 13.0 Å². The van der Waals surface area contributed by atoms with Crippen molar-refractivity contribution in [1.29, 1.82) is 0 Å². The summed E-state index contributed by atoms with van der Waals surface area (Å²) in [5, 5.41) is 3.72. The van der Waals surface area contributed by atoms with E-state index in [1.807, 2.05) is 6.07 Å². The van der Waals surface area contributed by atoms with Gasteiger partial charge in [-0.05, 0) is 35.9 Å². The van der Waals surface area contributed by atoms with Crippen molar-refractivity contribution in [2.75, 3.05) is 12.8 Å². The number of carbonyl (C=O) groups is 1. The number of anilines is 1. The number of nitrogens with one attached hydrogen (secondary N) is 1. The van der Waals surface area contributed by atoms with Crippen LogP contribution in [0.1, 0.15) is 15.9 Å². The van der Waals surface area contributed by atoms with Crippen molar-refractivity contribution in [3.8, 4) is 5.75 Å². The largest absolute Gasteiger partial charge is 0.495 e. The molecule has 4 nitrogen and oxygen atoms in total. The molecule has 0 aliphatic carbocycles. The van der Waals surface area contributed by atoms with E-state index in [2.05, 4.69) is 5.32 Å². The second-order valence-electron chi connectivity index (χ2n) is 4.38. The molecule has 6 heteroatoms. The van der Waals surface area contributed by atoms with E-state index in [9.17, 15) is 4.79 Å². The van der Waals surface area contributed by atoms with Gasteiger partial charge in [-0.15, -0.1) is 0 Å². The lowest BCUT2D eigenvalue weighted by molar-refractivity contribution is 0.0952. The quantitative estimate of drug-likeness (QED) is 0.846. The summed E-state index contributed by atoms with van der Waals surface area (Å²) >= 11 is 11.9. The Morgan fingerprint density at radius 1 is 1.24 bits per heavy atom. The molecule has 2 rings (SSSR count). The molecule has 2 aromatic carbocycles. The van der Waals surface area contributed by atoms with Gasteiger partial charge in [0.25, 0.3) is 5.91 Å². The standard InChI is InChI=1S/C15H14Cl2N2O2/c1-21-14-5-2-9(6-12(14)17)8-19-15(20)11-7-10(16)3-4-13(11)18/h2-7H,8,18H2,1H3,(H,19,20). The molecule has 21 heavy (non-hydrogen) atoms. The van der Waals surface area contributed by atoms with E-state index in [1.54, 1.807) is 31.4 Å². The van der Waals surface area contributed by atoms with Crippen LogP contribution >= 0.6 is 23.2 Å². The summed E-state index contributed by atoms with van der Waals surface area (Å²) in [5.74, 6) is 0.299. The summed E-state index contributed by atoms with van der Waals surface area (Å²) in [6, 6.07) is 10.1. The average Bonchev–Trinajstić information content (AvgIpc) is 2.47. The number of carbonyl (C=O) groups excluding carboxylic acids is 1. The lowest BCUT2D eigenvalue weighted by Crippen LogP contribution is -2.23. The summed E-state index contributed by atoms with van der Waals surface area (Å²) in [5.41, 5.74) is 7.35. The van der Waals surface area contributed by atoms with Crippen molar-refractivity contribution in [3.63, 3.8) is 0 Å². The Morgan fingerprint density at radius 2 is 2.00 bits per heavy atom. The topological polar surface area (TPSA) is 64.3 Å². The molecule has 0 aromatic heterocycles. The minimum absolute atomic E-state index is 0.290. The van der Waals surface area contributed by atoms with Crippen molar-refractivity contribution in [2.24, 2.45) is 0 Å². The van der Waals surface area contributed by atoms with E-state index in [0.717, 1.165) is 5.56 Å². The molecule has 0 heterocycles. The van der Waals surface area contributed by atoms with Crippen LogP contribution in [0.25, 0.3) is 0 Å². The fraction of sp³-hybridized carbons (Fsp3) is 0.133. The van der Waals surface area contributed by atoms with Crippen molar-refractivity contribution < 1.29 is 9.53 Å². The molecule has 3 N–H and O–H groups in total. The van der Waals surface area contributed by atoms with Gasteiger partial charge in [-0.1, -0.05) is 29.3 Å². The van der Waals surface area contributed by atoms with Gasteiger partial charge < -0.3 is 15.8 Å². The minimum Gasteiger partial charge on any atom is -0.495 e. The zero-order valence-corrected chi connectivity index (χ0v) is 12.8. The van der Waals surface area contributed by atoms with Crippen LogP contribution in [-0.2, 0) is 6.54 Å². The highest BCUT2D eigenvalue weighted by Crippen LogP contribution is 2.25. The second kappa shape index (κ2) is 6.70. The number of methoxy groups -OCH3 is 1. The normalized spacial score (nSPS) is 10.2.